The second-order valence-corrected chi connectivity index (χ2v) is 9.29. The van der Waals surface area contributed by atoms with E-state index in [1.807, 2.05) is 0 Å². The summed E-state index contributed by atoms with van der Waals surface area (Å²) in [7, 11) is -3.64. The number of amides is 1. The summed E-state index contributed by atoms with van der Waals surface area (Å²) in [6.45, 7) is 2.01. The van der Waals surface area contributed by atoms with Gasteiger partial charge in [0, 0.05) is 6.54 Å². The SMILES string of the molecule is C[C@H](C(=O)NCC1CCCCC1)S(=O)(=O)Cc1nnnn1C1CC1. The first-order valence-electron chi connectivity index (χ1n) is 8.73. The predicted molar refractivity (Wildman–Crippen MR) is 87.8 cm³/mol. The molecule has 3 rings (SSSR count). The topological polar surface area (TPSA) is 107 Å². The van der Waals surface area contributed by atoms with Gasteiger partial charge in [0.15, 0.2) is 15.7 Å². The van der Waals surface area contributed by atoms with E-state index in [-0.39, 0.29) is 11.8 Å². The van der Waals surface area contributed by atoms with Crippen molar-refractivity contribution in [2.24, 2.45) is 5.92 Å². The number of aromatic nitrogens is 4. The van der Waals surface area contributed by atoms with Crippen LogP contribution in [0.2, 0.25) is 0 Å². The molecule has 0 spiro atoms. The molecule has 1 heterocycles. The van der Waals surface area contributed by atoms with Gasteiger partial charge in [0.25, 0.3) is 0 Å². The van der Waals surface area contributed by atoms with Crippen LogP contribution in [0.5, 0.6) is 0 Å². The molecule has 2 aliphatic carbocycles. The molecule has 0 bridgehead atoms. The van der Waals surface area contributed by atoms with Crippen LogP contribution in [0.3, 0.4) is 0 Å². The molecule has 9 heteroatoms. The molecule has 0 aliphatic heterocycles. The van der Waals surface area contributed by atoms with Gasteiger partial charge in [0.1, 0.15) is 11.0 Å². The molecule has 0 aromatic carbocycles. The van der Waals surface area contributed by atoms with Crippen LogP contribution in [0.15, 0.2) is 0 Å². The summed E-state index contributed by atoms with van der Waals surface area (Å²) in [6, 6.07) is 0.209. The molecule has 1 aromatic heterocycles. The minimum absolute atomic E-state index is 0.209. The maximum absolute atomic E-state index is 12.5. The van der Waals surface area contributed by atoms with E-state index in [9.17, 15) is 13.2 Å². The quantitative estimate of drug-likeness (QED) is 0.782. The van der Waals surface area contributed by atoms with Crippen molar-refractivity contribution in [3.8, 4) is 0 Å². The van der Waals surface area contributed by atoms with Crippen molar-refractivity contribution in [2.75, 3.05) is 6.54 Å². The van der Waals surface area contributed by atoms with E-state index >= 15 is 0 Å². The number of hydrogen-bond acceptors (Lipinski definition) is 6. The molecule has 134 valence electrons. The molecular formula is C15H25N5O3S. The van der Waals surface area contributed by atoms with Crippen LogP contribution in [-0.4, -0.2) is 46.3 Å². The fourth-order valence-corrected chi connectivity index (χ4v) is 4.37. The van der Waals surface area contributed by atoms with Gasteiger partial charge in [0.2, 0.25) is 5.91 Å². The molecule has 0 unspecified atom stereocenters. The van der Waals surface area contributed by atoms with Crippen LogP contribution in [0.4, 0.5) is 0 Å². The van der Waals surface area contributed by atoms with E-state index in [1.54, 1.807) is 4.68 Å². The number of rotatable bonds is 7. The molecule has 1 amide bonds. The Labute approximate surface area is 142 Å². The number of carbonyl (C=O) groups is 1. The number of sulfone groups is 1. The van der Waals surface area contributed by atoms with Crippen molar-refractivity contribution < 1.29 is 13.2 Å². The molecule has 1 aromatic rings. The predicted octanol–water partition coefficient (Wildman–Crippen LogP) is 1.01. The molecule has 2 saturated carbocycles. The van der Waals surface area contributed by atoms with Gasteiger partial charge in [-0.2, -0.15) is 0 Å². The van der Waals surface area contributed by atoms with Crippen LogP contribution in [0.25, 0.3) is 0 Å². The summed E-state index contributed by atoms with van der Waals surface area (Å²) in [5, 5.41) is 13.0. The second kappa shape index (κ2) is 7.16. The van der Waals surface area contributed by atoms with Crippen LogP contribution in [0, 0.1) is 5.92 Å². The van der Waals surface area contributed by atoms with Crippen molar-refractivity contribution in [3.05, 3.63) is 5.82 Å². The normalized spacial score (nSPS) is 20.7. The summed E-state index contributed by atoms with van der Waals surface area (Å²) in [4.78, 5) is 12.2. The highest BCUT2D eigenvalue weighted by atomic mass is 32.2. The van der Waals surface area contributed by atoms with Crippen LogP contribution >= 0.6 is 0 Å². The summed E-state index contributed by atoms with van der Waals surface area (Å²) >= 11 is 0. The third-order valence-corrected chi connectivity index (χ3v) is 6.93. The lowest BCUT2D eigenvalue weighted by molar-refractivity contribution is -0.120. The highest BCUT2D eigenvalue weighted by molar-refractivity contribution is 7.92. The highest BCUT2D eigenvalue weighted by Gasteiger charge is 2.33. The highest BCUT2D eigenvalue weighted by Crippen LogP contribution is 2.34. The molecule has 1 N–H and O–H groups in total. The average Bonchev–Trinajstić information content (AvgIpc) is 3.32. The fourth-order valence-electron chi connectivity index (χ4n) is 3.16. The van der Waals surface area contributed by atoms with Gasteiger partial charge in [-0.1, -0.05) is 19.3 Å². The Morgan fingerprint density at radius 2 is 1.96 bits per heavy atom. The Morgan fingerprint density at radius 3 is 2.62 bits per heavy atom. The lowest BCUT2D eigenvalue weighted by Gasteiger charge is -2.22. The maximum atomic E-state index is 12.5. The maximum Gasteiger partial charge on any atom is 0.238 e. The number of hydrogen-bond donors (Lipinski definition) is 1. The lowest BCUT2D eigenvalue weighted by Crippen LogP contribution is -2.41. The molecule has 0 radical (unpaired) electrons. The third-order valence-electron chi connectivity index (χ3n) is 4.98. The fraction of sp³-hybridized carbons (Fsp3) is 0.867. The summed E-state index contributed by atoms with van der Waals surface area (Å²) in [6.07, 6.45) is 7.79. The number of nitrogens with one attached hydrogen (secondary N) is 1. The smallest absolute Gasteiger partial charge is 0.238 e. The van der Waals surface area contributed by atoms with E-state index < -0.39 is 21.0 Å². The first-order chi connectivity index (χ1) is 11.5. The van der Waals surface area contributed by atoms with E-state index in [4.69, 9.17) is 0 Å². The minimum atomic E-state index is -3.64. The largest absolute Gasteiger partial charge is 0.355 e. The second-order valence-electron chi connectivity index (χ2n) is 6.97. The Hall–Kier alpha value is -1.51. The van der Waals surface area contributed by atoms with Crippen molar-refractivity contribution >= 4 is 15.7 Å². The van der Waals surface area contributed by atoms with Crippen molar-refractivity contribution in [1.82, 2.24) is 25.5 Å². The van der Waals surface area contributed by atoms with E-state index in [0.29, 0.717) is 18.3 Å². The summed E-state index contributed by atoms with van der Waals surface area (Å²) < 4.78 is 26.6. The Morgan fingerprint density at radius 1 is 1.25 bits per heavy atom. The van der Waals surface area contributed by atoms with Crippen LogP contribution in [-0.2, 0) is 20.4 Å². The monoisotopic (exact) mass is 355 g/mol. The molecule has 0 saturated heterocycles. The zero-order chi connectivity index (χ0) is 17.2. The summed E-state index contributed by atoms with van der Waals surface area (Å²) in [5.74, 6) is 0.0735. The van der Waals surface area contributed by atoms with Gasteiger partial charge >= 0.3 is 0 Å². The molecule has 8 nitrogen and oxygen atoms in total. The average molecular weight is 355 g/mol. The molecule has 2 aliphatic rings. The van der Waals surface area contributed by atoms with Crippen LogP contribution in [0.1, 0.15) is 63.7 Å². The number of carbonyl (C=O) groups excluding carboxylic acids is 1. The lowest BCUT2D eigenvalue weighted by atomic mass is 9.89. The van der Waals surface area contributed by atoms with Crippen LogP contribution < -0.4 is 5.32 Å². The third kappa shape index (κ3) is 4.12. The van der Waals surface area contributed by atoms with E-state index in [1.165, 1.54) is 26.2 Å². The minimum Gasteiger partial charge on any atom is -0.355 e. The number of nitrogens with zero attached hydrogens (tertiary/aromatic N) is 4. The first-order valence-corrected chi connectivity index (χ1v) is 10.4. The first kappa shape index (κ1) is 17.3. The standard InChI is InChI=1S/C15H25N5O3S/c1-11(15(21)16-9-12-5-3-2-4-6-12)24(22,23)10-14-17-18-19-20(14)13-7-8-13/h11-13H,2-10H2,1H3,(H,16,21)/t11-/m1/s1. The van der Waals surface area contributed by atoms with Crippen molar-refractivity contribution in [2.45, 2.75) is 68.9 Å². The molecule has 24 heavy (non-hydrogen) atoms. The Balaban J connectivity index is 1.56. The zero-order valence-corrected chi connectivity index (χ0v) is 14.8. The van der Waals surface area contributed by atoms with E-state index in [0.717, 1.165) is 25.7 Å². The van der Waals surface area contributed by atoms with Gasteiger partial charge < -0.3 is 5.32 Å². The van der Waals surface area contributed by atoms with E-state index in [2.05, 4.69) is 20.8 Å². The number of tetrazole rings is 1. The van der Waals surface area contributed by atoms with Gasteiger partial charge in [-0.15, -0.1) is 5.10 Å². The molecule has 2 fully saturated rings. The van der Waals surface area contributed by atoms with Gasteiger partial charge in [-0.25, -0.2) is 13.1 Å². The molecular weight excluding hydrogens is 330 g/mol. The van der Waals surface area contributed by atoms with Crippen molar-refractivity contribution in [3.63, 3.8) is 0 Å². The van der Waals surface area contributed by atoms with Gasteiger partial charge in [-0.3, -0.25) is 4.79 Å². The van der Waals surface area contributed by atoms with Gasteiger partial charge in [0.05, 0.1) is 6.04 Å². The summed E-state index contributed by atoms with van der Waals surface area (Å²) in [5.41, 5.74) is 0. The molecule has 1 atom stereocenters. The Kier molecular flexibility index (Phi) is 5.17. The zero-order valence-electron chi connectivity index (χ0n) is 14.0. The van der Waals surface area contributed by atoms with Gasteiger partial charge in [-0.05, 0) is 49.0 Å². The Bertz CT molecular complexity index is 677. The van der Waals surface area contributed by atoms with Crippen molar-refractivity contribution in [1.29, 1.82) is 0 Å².